The van der Waals surface area contributed by atoms with E-state index in [4.69, 9.17) is 0 Å². The summed E-state index contributed by atoms with van der Waals surface area (Å²) in [4.78, 5) is 0. The van der Waals surface area contributed by atoms with Gasteiger partial charge in [0.25, 0.3) is 0 Å². The monoisotopic (exact) mass is 365 g/mol. The molecule has 17 heavy (non-hydrogen) atoms. The van der Waals surface area contributed by atoms with Crippen molar-refractivity contribution < 1.29 is 4.39 Å². The zero-order valence-electron chi connectivity index (χ0n) is 10.1. The van der Waals surface area contributed by atoms with Crippen LogP contribution in [-0.2, 0) is 0 Å². The number of thioether (sulfide) groups is 1. The quantitative estimate of drug-likeness (QED) is 0.781. The minimum atomic E-state index is -0.168. The Kier molecular flexibility index (Phi) is 4.23. The first-order valence-corrected chi connectivity index (χ1v) is 7.99. The Bertz CT molecular complexity index is 408. The van der Waals surface area contributed by atoms with Crippen LogP contribution in [0.1, 0.15) is 20.3 Å². The minimum Gasteiger partial charge on any atom is -0.381 e. The van der Waals surface area contributed by atoms with E-state index in [1.807, 2.05) is 17.8 Å². The number of hydrogen-bond donors (Lipinski definition) is 1. The highest BCUT2D eigenvalue weighted by Crippen LogP contribution is 2.35. The molecule has 1 unspecified atom stereocenters. The topological polar surface area (TPSA) is 12.0 Å². The number of rotatable bonds is 2. The van der Waals surface area contributed by atoms with Gasteiger partial charge in [-0.25, -0.2) is 4.39 Å². The van der Waals surface area contributed by atoms with Crippen molar-refractivity contribution in [1.82, 2.24) is 0 Å². The predicted octanol–water partition coefficient (Wildman–Crippen LogP) is 4.37. The molecule has 0 amide bonds. The third-order valence-corrected chi connectivity index (χ3v) is 5.42. The van der Waals surface area contributed by atoms with E-state index in [0.717, 1.165) is 15.0 Å². The first-order chi connectivity index (χ1) is 7.96. The normalized spacial score (nSPS) is 23.4. The van der Waals surface area contributed by atoms with Crippen molar-refractivity contribution in [3.63, 3.8) is 0 Å². The Hall–Kier alpha value is 0.0300. The molecule has 0 bridgehead atoms. The molecular weight excluding hydrogens is 348 g/mol. The lowest BCUT2D eigenvalue weighted by atomic mass is 9.88. The minimum absolute atomic E-state index is 0.168. The zero-order valence-corrected chi connectivity index (χ0v) is 13.1. The third-order valence-electron chi connectivity index (χ3n) is 2.90. The van der Waals surface area contributed by atoms with Gasteiger partial charge < -0.3 is 5.32 Å². The van der Waals surface area contributed by atoms with Crippen LogP contribution in [0.5, 0.6) is 0 Å². The molecule has 1 aliphatic rings. The van der Waals surface area contributed by atoms with Crippen molar-refractivity contribution >= 4 is 40.0 Å². The molecule has 0 aromatic heterocycles. The average molecular weight is 365 g/mol. The second kappa shape index (κ2) is 5.34. The Morgan fingerprint density at radius 2 is 2.24 bits per heavy atom. The van der Waals surface area contributed by atoms with Gasteiger partial charge in [0.1, 0.15) is 5.82 Å². The summed E-state index contributed by atoms with van der Waals surface area (Å²) in [5.41, 5.74) is 1.45. The van der Waals surface area contributed by atoms with Crippen LogP contribution in [-0.4, -0.2) is 17.5 Å². The molecule has 1 atom stereocenters. The van der Waals surface area contributed by atoms with Crippen molar-refractivity contribution in [3.05, 3.63) is 27.6 Å². The maximum absolute atomic E-state index is 13.0. The summed E-state index contributed by atoms with van der Waals surface area (Å²) in [5.74, 6) is 2.20. The van der Waals surface area contributed by atoms with E-state index in [1.165, 1.54) is 18.2 Å². The molecule has 1 aliphatic heterocycles. The van der Waals surface area contributed by atoms with Crippen LogP contribution < -0.4 is 5.32 Å². The van der Waals surface area contributed by atoms with Crippen LogP contribution in [0.15, 0.2) is 18.2 Å². The van der Waals surface area contributed by atoms with Gasteiger partial charge in [0.05, 0.1) is 0 Å². The molecule has 1 fully saturated rings. The molecule has 1 N–H and O–H groups in total. The fraction of sp³-hybridized carbons (Fsp3) is 0.538. The average Bonchev–Trinajstić information content (AvgIpc) is 2.21. The Morgan fingerprint density at radius 3 is 2.88 bits per heavy atom. The van der Waals surface area contributed by atoms with Gasteiger partial charge in [-0.1, -0.05) is 13.8 Å². The number of anilines is 1. The van der Waals surface area contributed by atoms with E-state index in [0.29, 0.717) is 11.5 Å². The van der Waals surface area contributed by atoms with Gasteiger partial charge >= 0.3 is 0 Å². The second-order valence-electron chi connectivity index (χ2n) is 5.35. The van der Waals surface area contributed by atoms with Gasteiger partial charge in [0.2, 0.25) is 0 Å². The highest BCUT2D eigenvalue weighted by atomic mass is 127. The summed E-state index contributed by atoms with van der Waals surface area (Å²) >= 11 is 4.18. The highest BCUT2D eigenvalue weighted by molar-refractivity contribution is 14.1. The fourth-order valence-electron chi connectivity index (χ4n) is 2.18. The van der Waals surface area contributed by atoms with Gasteiger partial charge in [0, 0.05) is 21.1 Å². The van der Waals surface area contributed by atoms with E-state index >= 15 is 0 Å². The Morgan fingerprint density at radius 1 is 1.47 bits per heavy atom. The van der Waals surface area contributed by atoms with Crippen molar-refractivity contribution in [1.29, 1.82) is 0 Å². The maximum Gasteiger partial charge on any atom is 0.124 e. The third kappa shape index (κ3) is 3.74. The Balaban J connectivity index is 2.05. The smallest absolute Gasteiger partial charge is 0.124 e. The zero-order chi connectivity index (χ0) is 12.5. The van der Waals surface area contributed by atoms with E-state index < -0.39 is 0 Å². The molecule has 0 saturated carbocycles. The van der Waals surface area contributed by atoms with Crippen molar-refractivity contribution in [2.24, 2.45) is 5.41 Å². The lowest BCUT2D eigenvalue weighted by Gasteiger charge is -2.35. The summed E-state index contributed by atoms with van der Waals surface area (Å²) in [7, 11) is 0. The molecule has 1 heterocycles. The van der Waals surface area contributed by atoms with E-state index in [9.17, 15) is 4.39 Å². The molecule has 4 heteroatoms. The van der Waals surface area contributed by atoms with Gasteiger partial charge in [-0.3, -0.25) is 0 Å². The molecule has 1 aromatic rings. The Labute approximate surface area is 120 Å². The summed E-state index contributed by atoms with van der Waals surface area (Å²) in [6.07, 6.45) is 1.17. The largest absolute Gasteiger partial charge is 0.381 e. The lowest BCUT2D eigenvalue weighted by Crippen LogP contribution is -2.35. The fourth-order valence-corrected chi connectivity index (χ4v) is 4.09. The maximum atomic E-state index is 13.0. The van der Waals surface area contributed by atoms with Crippen LogP contribution in [0.2, 0.25) is 0 Å². The molecule has 1 aromatic carbocycles. The summed E-state index contributed by atoms with van der Waals surface area (Å²) in [5, 5.41) is 3.54. The molecule has 0 spiro atoms. The highest BCUT2D eigenvalue weighted by Gasteiger charge is 2.28. The first-order valence-electron chi connectivity index (χ1n) is 5.76. The van der Waals surface area contributed by atoms with Gasteiger partial charge in [-0.05, 0) is 58.4 Å². The van der Waals surface area contributed by atoms with Gasteiger partial charge in [-0.15, -0.1) is 0 Å². The van der Waals surface area contributed by atoms with E-state index in [1.54, 1.807) is 6.07 Å². The molecule has 0 radical (unpaired) electrons. The van der Waals surface area contributed by atoms with Crippen LogP contribution in [0.25, 0.3) is 0 Å². The van der Waals surface area contributed by atoms with Crippen LogP contribution >= 0.6 is 34.4 Å². The van der Waals surface area contributed by atoms with Crippen molar-refractivity contribution in [3.8, 4) is 0 Å². The molecule has 94 valence electrons. The number of nitrogens with one attached hydrogen (secondary N) is 1. The van der Waals surface area contributed by atoms with Gasteiger partial charge in [-0.2, -0.15) is 11.8 Å². The van der Waals surface area contributed by atoms with Crippen LogP contribution in [0.4, 0.5) is 10.1 Å². The summed E-state index contributed by atoms with van der Waals surface area (Å²) in [6.45, 7) is 4.62. The molecule has 2 rings (SSSR count). The SMILES string of the molecule is CC1(C)CSCC(Nc2ccc(F)cc2I)C1. The number of benzene rings is 1. The number of hydrogen-bond acceptors (Lipinski definition) is 2. The molecule has 1 saturated heterocycles. The first kappa shape index (κ1) is 13.5. The second-order valence-corrected chi connectivity index (χ2v) is 7.54. The summed E-state index contributed by atoms with van der Waals surface area (Å²) < 4.78 is 14.0. The van der Waals surface area contributed by atoms with Gasteiger partial charge in [0.15, 0.2) is 0 Å². The number of halogens is 2. The van der Waals surface area contributed by atoms with Crippen molar-refractivity contribution in [2.45, 2.75) is 26.3 Å². The molecular formula is C13H17FINS. The van der Waals surface area contributed by atoms with Crippen LogP contribution in [0.3, 0.4) is 0 Å². The van der Waals surface area contributed by atoms with Crippen molar-refractivity contribution in [2.75, 3.05) is 16.8 Å². The lowest BCUT2D eigenvalue weighted by molar-refractivity contribution is 0.358. The summed E-state index contributed by atoms with van der Waals surface area (Å²) in [6, 6.07) is 5.42. The standard InChI is InChI=1S/C13H17FINS/c1-13(2)6-10(7-17-8-13)16-12-4-3-9(14)5-11(12)15/h3-5,10,16H,6-8H2,1-2H3. The van der Waals surface area contributed by atoms with E-state index in [2.05, 4.69) is 41.8 Å². The molecule has 1 nitrogen and oxygen atoms in total. The molecule has 0 aliphatic carbocycles. The van der Waals surface area contributed by atoms with E-state index in [-0.39, 0.29) is 5.82 Å². The predicted molar refractivity (Wildman–Crippen MR) is 82.3 cm³/mol. The van der Waals surface area contributed by atoms with Crippen LogP contribution in [0, 0.1) is 14.8 Å².